The minimum atomic E-state index is -0.788. The van der Waals surface area contributed by atoms with Crippen molar-refractivity contribution in [2.75, 3.05) is 6.54 Å². The van der Waals surface area contributed by atoms with E-state index in [2.05, 4.69) is 15.3 Å². The molecule has 3 aromatic rings. The zero-order valence-electron chi connectivity index (χ0n) is 15.5. The number of amides is 1. The summed E-state index contributed by atoms with van der Waals surface area (Å²) in [6.45, 7) is 2.27. The largest absolute Gasteiger partial charge is 0.388 e. The lowest BCUT2D eigenvalue weighted by Crippen LogP contribution is -2.44. The highest BCUT2D eigenvalue weighted by Crippen LogP contribution is 2.29. The van der Waals surface area contributed by atoms with Crippen LogP contribution in [-0.4, -0.2) is 37.7 Å². The van der Waals surface area contributed by atoms with Gasteiger partial charge in [0.05, 0.1) is 16.7 Å². The van der Waals surface area contributed by atoms with Crippen LogP contribution in [0.1, 0.15) is 48.0 Å². The predicted molar refractivity (Wildman–Crippen MR) is 104 cm³/mol. The average molecular weight is 364 g/mol. The fourth-order valence-electron chi connectivity index (χ4n) is 3.95. The third kappa shape index (κ3) is 3.45. The van der Waals surface area contributed by atoms with Crippen molar-refractivity contribution >= 4 is 16.8 Å². The monoisotopic (exact) mass is 364 g/mol. The molecule has 1 fully saturated rings. The van der Waals surface area contributed by atoms with E-state index in [0.717, 1.165) is 48.6 Å². The molecular weight excluding hydrogens is 340 g/mol. The van der Waals surface area contributed by atoms with E-state index in [1.54, 1.807) is 24.7 Å². The van der Waals surface area contributed by atoms with Gasteiger partial charge in [0.1, 0.15) is 0 Å². The minimum Gasteiger partial charge on any atom is -0.388 e. The minimum absolute atomic E-state index is 0.178. The lowest BCUT2D eigenvalue weighted by molar-refractivity contribution is 0.00527. The van der Waals surface area contributed by atoms with Gasteiger partial charge in [0.2, 0.25) is 5.95 Å². The first-order chi connectivity index (χ1) is 13.1. The predicted octanol–water partition coefficient (Wildman–Crippen LogP) is 3.15. The Hall–Kier alpha value is -2.73. The van der Waals surface area contributed by atoms with Crippen molar-refractivity contribution < 1.29 is 9.90 Å². The quantitative estimate of drug-likeness (QED) is 0.745. The van der Waals surface area contributed by atoms with Crippen LogP contribution in [0, 0.1) is 6.92 Å². The molecule has 4 rings (SSSR count). The van der Waals surface area contributed by atoms with Gasteiger partial charge in [-0.3, -0.25) is 9.36 Å². The Morgan fingerprint density at radius 1 is 1.19 bits per heavy atom. The zero-order chi connectivity index (χ0) is 18.9. The molecule has 2 heterocycles. The molecule has 1 saturated carbocycles. The highest BCUT2D eigenvalue weighted by molar-refractivity contribution is 6.08. The van der Waals surface area contributed by atoms with Gasteiger partial charge in [-0.1, -0.05) is 31.4 Å². The number of carbonyl (C=O) groups is 1. The van der Waals surface area contributed by atoms with E-state index in [0.29, 0.717) is 11.5 Å². The molecule has 2 aromatic heterocycles. The number of hydrogen-bond donors (Lipinski definition) is 2. The first-order valence-electron chi connectivity index (χ1n) is 9.46. The van der Waals surface area contributed by atoms with Gasteiger partial charge in [0.25, 0.3) is 5.91 Å². The highest BCUT2D eigenvalue weighted by Gasteiger charge is 2.30. The summed E-state index contributed by atoms with van der Waals surface area (Å²) < 4.78 is 1.84. The molecule has 1 aliphatic carbocycles. The van der Waals surface area contributed by atoms with Crippen molar-refractivity contribution in [3.63, 3.8) is 0 Å². The molecule has 6 nitrogen and oxygen atoms in total. The number of aliphatic hydroxyl groups is 1. The SMILES string of the molecule is Cc1cccc2c1c(C(=O)NCC1(O)CCCCC1)cn2-c1ncccn1. The molecular formula is C21H24N4O2. The van der Waals surface area contributed by atoms with Gasteiger partial charge in [-0.05, 0) is 37.5 Å². The Morgan fingerprint density at radius 2 is 1.93 bits per heavy atom. The van der Waals surface area contributed by atoms with E-state index in [-0.39, 0.29) is 12.5 Å². The number of benzene rings is 1. The molecule has 27 heavy (non-hydrogen) atoms. The van der Waals surface area contributed by atoms with Crippen molar-refractivity contribution in [1.82, 2.24) is 19.9 Å². The number of fused-ring (bicyclic) bond motifs is 1. The van der Waals surface area contributed by atoms with Crippen LogP contribution in [0.5, 0.6) is 0 Å². The Morgan fingerprint density at radius 3 is 2.67 bits per heavy atom. The number of rotatable bonds is 4. The van der Waals surface area contributed by atoms with Gasteiger partial charge in [-0.25, -0.2) is 9.97 Å². The molecule has 140 valence electrons. The third-order valence-corrected chi connectivity index (χ3v) is 5.41. The van der Waals surface area contributed by atoms with Crippen LogP contribution >= 0.6 is 0 Å². The standard InChI is InChI=1S/C21H24N4O2/c1-15-7-5-8-17-18(15)16(13-25(17)20-22-11-6-12-23-20)19(26)24-14-21(27)9-3-2-4-10-21/h5-8,11-13,27H,2-4,9-10,14H2,1H3,(H,24,26). The second kappa shape index (κ2) is 7.12. The lowest BCUT2D eigenvalue weighted by Gasteiger charge is -2.32. The van der Waals surface area contributed by atoms with Crippen molar-refractivity contribution in [2.45, 2.75) is 44.6 Å². The number of carbonyl (C=O) groups excluding carboxylic acids is 1. The fraction of sp³-hybridized carbons (Fsp3) is 0.381. The van der Waals surface area contributed by atoms with E-state index < -0.39 is 5.60 Å². The number of aryl methyl sites for hydroxylation is 1. The molecule has 1 aromatic carbocycles. The number of aromatic nitrogens is 3. The van der Waals surface area contributed by atoms with E-state index in [4.69, 9.17) is 0 Å². The molecule has 1 amide bonds. The Bertz CT molecular complexity index is 959. The maximum Gasteiger partial charge on any atom is 0.253 e. The molecule has 0 unspecified atom stereocenters. The first kappa shape index (κ1) is 17.7. The Labute approximate surface area is 158 Å². The summed E-state index contributed by atoms with van der Waals surface area (Å²) in [5.74, 6) is 0.348. The second-order valence-corrected chi connectivity index (χ2v) is 7.40. The van der Waals surface area contributed by atoms with Crippen molar-refractivity contribution in [1.29, 1.82) is 0 Å². The fourth-order valence-corrected chi connectivity index (χ4v) is 3.95. The average Bonchev–Trinajstić information content (AvgIpc) is 3.09. The van der Waals surface area contributed by atoms with Crippen LogP contribution < -0.4 is 5.32 Å². The summed E-state index contributed by atoms with van der Waals surface area (Å²) in [6.07, 6.45) is 9.81. The van der Waals surface area contributed by atoms with Gasteiger partial charge >= 0.3 is 0 Å². The number of nitrogens with zero attached hydrogens (tertiary/aromatic N) is 3. The molecule has 0 saturated heterocycles. The summed E-state index contributed by atoms with van der Waals surface area (Å²) in [7, 11) is 0. The van der Waals surface area contributed by atoms with Crippen LogP contribution in [0.25, 0.3) is 16.9 Å². The van der Waals surface area contributed by atoms with Gasteiger partial charge in [0.15, 0.2) is 0 Å². The van der Waals surface area contributed by atoms with E-state index in [1.807, 2.05) is 29.7 Å². The van der Waals surface area contributed by atoms with Gasteiger partial charge in [-0.2, -0.15) is 0 Å². The van der Waals surface area contributed by atoms with Crippen molar-refractivity contribution in [2.24, 2.45) is 0 Å². The van der Waals surface area contributed by atoms with Crippen LogP contribution in [0.4, 0.5) is 0 Å². The van der Waals surface area contributed by atoms with E-state index in [1.165, 1.54) is 0 Å². The zero-order valence-corrected chi connectivity index (χ0v) is 15.5. The molecule has 6 heteroatoms. The molecule has 0 spiro atoms. The Balaban J connectivity index is 1.68. The summed E-state index contributed by atoms with van der Waals surface area (Å²) in [4.78, 5) is 21.6. The molecule has 0 atom stereocenters. The third-order valence-electron chi connectivity index (χ3n) is 5.41. The van der Waals surface area contributed by atoms with Crippen molar-refractivity contribution in [3.05, 3.63) is 54.0 Å². The van der Waals surface area contributed by atoms with Crippen LogP contribution in [0.2, 0.25) is 0 Å². The lowest BCUT2D eigenvalue weighted by atomic mass is 9.85. The van der Waals surface area contributed by atoms with E-state index >= 15 is 0 Å². The topological polar surface area (TPSA) is 80.0 Å². The van der Waals surface area contributed by atoms with Crippen LogP contribution in [0.3, 0.4) is 0 Å². The van der Waals surface area contributed by atoms with Gasteiger partial charge in [-0.15, -0.1) is 0 Å². The number of nitrogens with one attached hydrogen (secondary N) is 1. The molecule has 2 N–H and O–H groups in total. The van der Waals surface area contributed by atoms with Gasteiger partial charge < -0.3 is 10.4 Å². The summed E-state index contributed by atoms with van der Waals surface area (Å²) >= 11 is 0. The van der Waals surface area contributed by atoms with E-state index in [9.17, 15) is 9.90 Å². The molecule has 0 radical (unpaired) electrons. The highest BCUT2D eigenvalue weighted by atomic mass is 16.3. The van der Waals surface area contributed by atoms with Gasteiger partial charge in [0, 0.05) is 30.5 Å². The molecule has 1 aliphatic rings. The molecule has 0 aliphatic heterocycles. The Kier molecular flexibility index (Phi) is 4.66. The molecule has 0 bridgehead atoms. The maximum absolute atomic E-state index is 13.0. The van der Waals surface area contributed by atoms with Crippen LogP contribution in [-0.2, 0) is 0 Å². The second-order valence-electron chi connectivity index (χ2n) is 7.40. The summed E-state index contributed by atoms with van der Waals surface area (Å²) in [6, 6.07) is 7.68. The summed E-state index contributed by atoms with van der Waals surface area (Å²) in [5, 5.41) is 14.5. The number of hydrogen-bond acceptors (Lipinski definition) is 4. The summed E-state index contributed by atoms with van der Waals surface area (Å²) in [5.41, 5.74) is 1.70. The first-order valence-corrected chi connectivity index (χ1v) is 9.46. The maximum atomic E-state index is 13.0. The normalized spacial score (nSPS) is 16.4. The van der Waals surface area contributed by atoms with Crippen LogP contribution in [0.15, 0.2) is 42.9 Å². The smallest absolute Gasteiger partial charge is 0.253 e. The van der Waals surface area contributed by atoms with Crippen molar-refractivity contribution in [3.8, 4) is 5.95 Å².